The van der Waals surface area contributed by atoms with E-state index >= 15 is 0 Å². The highest BCUT2D eigenvalue weighted by Crippen LogP contribution is 2.18. The number of aromatic nitrogens is 1. The predicted molar refractivity (Wildman–Crippen MR) is 46.1 cm³/mol. The highest BCUT2D eigenvalue weighted by Gasteiger charge is 1.93. The molecule has 1 heterocycles. The van der Waals surface area contributed by atoms with E-state index in [4.69, 9.17) is 0 Å². The number of pyridine rings is 1. The second kappa shape index (κ2) is 3.42. The summed E-state index contributed by atoms with van der Waals surface area (Å²) in [5, 5.41) is 0. The van der Waals surface area contributed by atoms with E-state index in [9.17, 15) is 0 Å². The first kappa shape index (κ1) is 7.35. The molecule has 0 spiro atoms. The molecule has 0 fully saturated rings. The summed E-state index contributed by atoms with van der Waals surface area (Å²) < 4.78 is 0. The van der Waals surface area contributed by atoms with Crippen molar-refractivity contribution in [2.75, 3.05) is 6.26 Å². The second-order valence-corrected chi connectivity index (χ2v) is 2.67. The molecule has 52 valence electrons. The summed E-state index contributed by atoms with van der Waals surface area (Å²) in [6, 6.07) is 1.96. The molecule has 2 heteroatoms. The molecule has 1 rings (SSSR count). The van der Waals surface area contributed by atoms with E-state index in [-0.39, 0.29) is 0 Å². The lowest BCUT2D eigenvalue weighted by atomic mass is 10.3. The van der Waals surface area contributed by atoms with Gasteiger partial charge in [0, 0.05) is 17.3 Å². The molecule has 0 saturated carbocycles. The topological polar surface area (TPSA) is 12.9 Å². The molecule has 0 radical (unpaired) electrons. The fourth-order valence-electron chi connectivity index (χ4n) is 0.730. The molecule has 0 aliphatic rings. The molecule has 0 atom stereocenters. The van der Waals surface area contributed by atoms with E-state index in [0.29, 0.717) is 0 Å². The standard InChI is InChI=1S/C8H9NS/c1-3-7-4-5-9-6-8(7)10-2/h3-6H,1H2,2H3. The number of rotatable bonds is 2. The van der Waals surface area contributed by atoms with Crippen LogP contribution in [-0.4, -0.2) is 11.2 Å². The Morgan fingerprint density at radius 1 is 1.70 bits per heavy atom. The Kier molecular flexibility index (Phi) is 2.51. The molecule has 0 aliphatic carbocycles. The van der Waals surface area contributed by atoms with Crippen LogP contribution in [0.1, 0.15) is 5.56 Å². The van der Waals surface area contributed by atoms with Crippen LogP contribution < -0.4 is 0 Å². The summed E-state index contributed by atoms with van der Waals surface area (Å²) in [7, 11) is 0. The maximum Gasteiger partial charge on any atom is 0.0409 e. The number of hydrogen-bond acceptors (Lipinski definition) is 2. The van der Waals surface area contributed by atoms with Crippen molar-refractivity contribution in [2.24, 2.45) is 0 Å². The summed E-state index contributed by atoms with van der Waals surface area (Å²) in [5.41, 5.74) is 1.16. The Labute approximate surface area is 65.2 Å². The van der Waals surface area contributed by atoms with E-state index in [2.05, 4.69) is 11.6 Å². The normalized spacial score (nSPS) is 9.30. The first-order chi connectivity index (χ1) is 4.88. The van der Waals surface area contributed by atoms with Crippen LogP contribution in [0.3, 0.4) is 0 Å². The van der Waals surface area contributed by atoms with Gasteiger partial charge in [-0.1, -0.05) is 12.7 Å². The summed E-state index contributed by atoms with van der Waals surface area (Å²) in [5.74, 6) is 0. The van der Waals surface area contributed by atoms with Gasteiger partial charge in [0.25, 0.3) is 0 Å². The highest BCUT2D eigenvalue weighted by molar-refractivity contribution is 7.98. The molecular formula is C8H9NS. The van der Waals surface area contributed by atoms with Crippen LogP contribution in [-0.2, 0) is 0 Å². The van der Waals surface area contributed by atoms with Crippen molar-refractivity contribution in [1.82, 2.24) is 4.98 Å². The van der Waals surface area contributed by atoms with Gasteiger partial charge in [0.1, 0.15) is 0 Å². The Morgan fingerprint density at radius 2 is 2.50 bits per heavy atom. The number of thioether (sulfide) groups is 1. The molecule has 0 amide bonds. The van der Waals surface area contributed by atoms with E-state index in [1.54, 1.807) is 18.0 Å². The smallest absolute Gasteiger partial charge is 0.0409 e. The van der Waals surface area contributed by atoms with Crippen LogP contribution in [0, 0.1) is 0 Å². The summed E-state index contributed by atoms with van der Waals surface area (Å²) in [6.07, 6.45) is 7.50. The molecule has 0 N–H and O–H groups in total. The monoisotopic (exact) mass is 151 g/mol. The first-order valence-electron chi connectivity index (χ1n) is 2.99. The lowest BCUT2D eigenvalue weighted by Crippen LogP contribution is -1.78. The van der Waals surface area contributed by atoms with Gasteiger partial charge in [0.05, 0.1) is 0 Å². The quantitative estimate of drug-likeness (QED) is 0.602. The van der Waals surface area contributed by atoms with Crippen LogP contribution in [0.2, 0.25) is 0 Å². The first-order valence-corrected chi connectivity index (χ1v) is 4.21. The molecule has 1 nitrogen and oxygen atoms in total. The van der Waals surface area contributed by atoms with Crippen molar-refractivity contribution in [3.63, 3.8) is 0 Å². The van der Waals surface area contributed by atoms with Gasteiger partial charge in [-0.15, -0.1) is 11.8 Å². The minimum absolute atomic E-state index is 1.16. The Balaban J connectivity index is 3.08. The summed E-state index contributed by atoms with van der Waals surface area (Å²) in [4.78, 5) is 5.17. The molecule has 0 unspecified atom stereocenters. The van der Waals surface area contributed by atoms with E-state index in [1.165, 1.54) is 4.90 Å². The van der Waals surface area contributed by atoms with Gasteiger partial charge < -0.3 is 0 Å². The summed E-state index contributed by atoms with van der Waals surface area (Å²) >= 11 is 1.69. The largest absolute Gasteiger partial charge is 0.264 e. The second-order valence-electron chi connectivity index (χ2n) is 1.82. The Hall–Kier alpha value is -0.760. The van der Waals surface area contributed by atoms with Crippen molar-refractivity contribution in [3.05, 3.63) is 30.6 Å². The van der Waals surface area contributed by atoms with Gasteiger partial charge in [0.15, 0.2) is 0 Å². The zero-order valence-electron chi connectivity index (χ0n) is 5.87. The van der Waals surface area contributed by atoms with E-state index < -0.39 is 0 Å². The van der Waals surface area contributed by atoms with Gasteiger partial charge in [-0.25, -0.2) is 0 Å². The van der Waals surface area contributed by atoms with E-state index in [1.807, 2.05) is 24.6 Å². The van der Waals surface area contributed by atoms with Crippen molar-refractivity contribution >= 4 is 17.8 Å². The predicted octanol–water partition coefficient (Wildman–Crippen LogP) is 2.45. The third kappa shape index (κ3) is 1.39. The number of hydrogen-bond donors (Lipinski definition) is 0. The lowest BCUT2D eigenvalue weighted by molar-refractivity contribution is 1.23. The average Bonchev–Trinajstić information content (AvgIpc) is 2.04. The van der Waals surface area contributed by atoms with Crippen molar-refractivity contribution < 1.29 is 0 Å². The molecule has 0 aliphatic heterocycles. The van der Waals surface area contributed by atoms with Gasteiger partial charge in [-0.3, -0.25) is 4.98 Å². The van der Waals surface area contributed by atoms with Crippen molar-refractivity contribution in [2.45, 2.75) is 4.90 Å². The van der Waals surface area contributed by atoms with Crippen molar-refractivity contribution in [1.29, 1.82) is 0 Å². The molecule has 0 aromatic carbocycles. The fourth-order valence-corrected chi connectivity index (χ4v) is 1.28. The highest BCUT2D eigenvalue weighted by atomic mass is 32.2. The minimum atomic E-state index is 1.16. The molecule has 1 aromatic rings. The molecular weight excluding hydrogens is 142 g/mol. The van der Waals surface area contributed by atoms with Crippen LogP contribution in [0.25, 0.3) is 6.08 Å². The average molecular weight is 151 g/mol. The molecule has 10 heavy (non-hydrogen) atoms. The van der Waals surface area contributed by atoms with Crippen LogP contribution >= 0.6 is 11.8 Å². The Morgan fingerprint density at radius 3 is 3.00 bits per heavy atom. The summed E-state index contributed by atoms with van der Waals surface area (Å²) in [6.45, 7) is 3.70. The zero-order chi connectivity index (χ0) is 7.40. The third-order valence-corrected chi connectivity index (χ3v) is 2.04. The van der Waals surface area contributed by atoms with Gasteiger partial charge in [-0.05, 0) is 17.9 Å². The van der Waals surface area contributed by atoms with Crippen LogP contribution in [0.5, 0.6) is 0 Å². The lowest BCUT2D eigenvalue weighted by Gasteiger charge is -1.98. The zero-order valence-corrected chi connectivity index (χ0v) is 6.69. The minimum Gasteiger partial charge on any atom is -0.264 e. The molecule has 0 bridgehead atoms. The maximum atomic E-state index is 4.00. The van der Waals surface area contributed by atoms with E-state index in [0.717, 1.165) is 5.56 Å². The molecule has 1 aromatic heterocycles. The fraction of sp³-hybridized carbons (Fsp3) is 0.125. The third-order valence-electron chi connectivity index (χ3n) is 1.26. The van der Waals surface area contributed by atoms with Crippen LogP contribution in [0.4, 0.5) is 0 Å². The van der Waals surface area contributed by atoms with Gasteiger partial charge in [-0.2, -0.15) is 0 Å². The van der Waals surface area contributed by atoms with Crippen LogP contribution in [0.15, 0.2) is 29.9 Å². The van der Waals surface area contributed by atoms with Gasteiger partial charge in [0.2, 0.25) is 0 Å². The Bertz CT molecular complexity index is 232. The van der Waals surface area contributed by atoms with Crippen molar-refractivity contribution in [3.8, 4) is 0 Å². The maximum absolute atomic E-state index is 4.00. The molecule has 0 saturated heterocycles. The SMILES string of the molecule is C=Cc1ccncc1SC. The van der Waals surface area contributed by atoms with Gasteiger partial charge >= 0.3 is 0 Å². The number of nitrogens with zero attached hydrogens (tertiary/aromatic N) is 1.